The Morgan fingerprint density at radius 3 is 2.20 bits per heavy atom. The minimum Gasteiger partial charge on any atom is -0.396 e. The van der Waals surface area contributed by atoms with Gasteiger partial charge in [-0.3, -0.25) is 0 Å². The van der Waals surface area contributed by atoms with E-state index in [4.69, 9.17) is 0 Å². The molecule has 1 aromatic heterocycles. The van der Waals surface area contributed by atoms with Gasteiger partial charge in [0.1, 0.15) is 18.0 Å². The predicted octanol–water partition coefficient (Wildman–Crippen LogP) is 2.82. The molecule has 0 bridgehead atoms. The monoisotopic (exact) mass is 280 g/mol. The zero-order chi connectivity index (χ0) is 15.0. The Bertz CT molecular complexity index is 397. The fourth-order valence-corrected chi connectivity index (χ4v) is 2.10. The highest BCUT2D eigenvalue weighted by Gasteiger charge is 2.25. The van der Waals surface area contributed by atoms with Crippen molar-refractivity contribution in [1.29, 1.82) is 0 Å². The van der Waals surface area contributed by atoms with E-state index >= 15 is 0 Å². The summed E-state index contributed by atoms with van der Waals surface area (Å²) in [5, 5.41) is 16.3. The molecule has 20 heavy (non-hydrogen) atoms. The van der Waals surface area contributed by atoms with E-state index in [1.165, 1.54) is 0 Å². The summed E-state index contributed by atoms with van der Waals surface area (Å²) in [7, 11) is 0. The first-order valence-corrected chi connectivity index (χ1v) is 7.52. The van der Waals surface area contributed by atoms with Crippen molar-refractivity contribution < 1.29 is 5.11 Å². The van der Waals surface area contributed by atoms with Crippen molar-refractivity contribution in [2.45, 2.75) is 47.0 Å². The molecule has 0 aliphatic rings. The largest absolute Gasteiger partial charge is 0.396 e. The Kier molecular flexibility index (Phi) is 6.71. The SMILES string of the molecule is CCCNc1ncnc(NCC(CC)(CC)CO)c1C. The molecule has 0 saturated carbocycles. The molecule has 1 rings (SSSR count). The van der Waals surface area contributed by atoms with Gasteiger partial charge in [-0.1, -0.05) is 20.8 Å². The van der Waals surface area contributed by atoms with Gasteiger partial charge in [0, 0.05) is 24.1 Å². The van der Waals surface area contributed by atoms with Gasteiger partial charge in [0.2, 0.25) is 0 Å². The van der Waals surface area contributed by atoms with Gasteiger partial charge in [0.15, 0.2) is 0 Å². The minimum atomic E-state index is -0.0750. The van der Waals surface area contributed by atoms with Gasteiger partial charge in [-0.2, -0.15) is 0 Å². The molecule has 0 spiro atoms. The normalized spacial score (nSPS) is 11.4. The second-order valence-corrected chi connectivity index (χ2v) is 5.34. The molecule has 0 aliphatic carbocycles. The van der Waals surface area contributed by atoms with Crippen LogP contribution in [0, 0.1) is 12.3 Å². The van der Waals surface area contributed by atoms with E-state index in [1.54, 1.807) is 6.33 Å². The Balaban J connectivity index is 2.77. The first kappa shape index (κ1) is 16.7. The van der Waals surface area contributed by atoms with Crippen molar-refractivity contribution in [2.75, 3.05) is 30.3 Å². The highest BCUT2D eigenvalue weighted by Crippen LogP contribution is 2.27. The van der Waals surface area contributed by atoms with E-state index in [0.29, 0.717) is 0 Å². The van der Waals surface area contributed by atoms with E-state index in [0.717, 1.165) is 49.6 Å². The van der Waals surface area contributed by atoms with E-state index in [-0.39, 0.29) is 12.0 Å². The number of aliphatic hydroxyl groups is 1. The van der Waals surface area contributed by atoms with Gasteiger partial charge in [-0.15, -0.1) is 0 Å². The molecule has 5 nitrogen and oxygen atoms in total. The van der Waals surface area contributed by atoms with Crippen LogP contribution < -0.4 is 10.6 Å². The number of aliphatic hydroxyl groups excluding tert-OH is 1. The summed E-state index contributed by atoms with van der Waals surface area (Å²) < 4.78 is 0. The fourth-order valence-electron chi connectivity index (χ4n) is 2.10. The number of rotatable bonds is 9. The van der Waals surface area contributed by atoms with Crippen LogP contribution in [0.4, 0.5) is 11.6 Å². The molecule has 0 atom stereocenters. The quantitative estimate of drug-likeness (QED) is 0.649. The lowest BCUT2D eigenvalue weighted by atomic mass is 9.83. The maximum atomic E-state index is 9.61. The van der Waals surface area contributed by atoms with Gasteiger partial charge in [-0.05, 0) is 26.2 Å². The van der Waals surface area contributed by atoms with Crippen molar-refractivity contribution in [3.8, 4) is 0 Å². The number of anilines is 2. The summed E-state index contributed by atoms with van der Waals surface area (Å²) in [4.78, 5) is 8.58. The van der Waals surface area contributed by atoms with Crippen LogP contribution in [0.2, 0.25) is 0 Å². The summed E-state index contributed by atoms with van der Waals surface area (Å²) in [6.07, 6.45) is 4.52. The highest BCUT2D eigenvalue weighted by molar-refractivity contribution is 5.56. The van der Waals surface area contributed by atoms with Crippen LogP contribution in [-0.4, -0.2) is 34.8 Å². The van der Waals surface area contributed by atoms with Crippen LogP contribution in [0.1, 0.15) is 45.6 Å². The first-order chi connectivity index (χ1) is 9.62. The third-order valence-electron chi connectivity index (χ3n) is 4.09. The van der Waals surface area contributed by atoms with Gasteiger partial charge < -0.3 is 15.7 Å². The zero-order valence-corrected chi connectivity index (χ0v) is 13.2. The molecule has 5 heteroatoms. The average Bonchev–Trinajstić information content (AvgIpc) is 2.49. The lowest BCUT2D eigenvalue weighted by Crippen LogP contribution is -2.32. The molecular formula is C15H28N4O. The molecule has 0 amide bonds. The molecule has 0 fully saturated rings. The second kappa shape index (κ2) is 8.04. The average molecular weight is 280 g/mol. The first-order valence-electron chi connectivity index (χ1n) is 7.52. The number of nitrogens with one attached hydrogen (secondary N) is 2. The van der Waals surface area contributed by atoms with Crippen molar-refractivity contribution in [2.24, 2.45) is 5.41 Å². The van der Waals surface area contributed by atoms with Crippen LogP contribution in [-0.2, 0) is 0 Å². The van der Waals surface area contributed by atoms with Crippen LogP contribution in [0.5, 0.6) is 0 Å². The molecule has 0 radical (unpaired) electrons. The molecule has 0 saturated heterocycles. The van der Waals surface area contributed by atoms with E-state index in [1.807, 2.05) is 6.92 Å². The standard InChI is InChI=1S/C15H28N4O/c1-5-8-16-13-12(4)14(19-11-18-13)17-9-15(6-2,7-3)10-20/h11,20H,5-10H2,1-4H3,(H2,16,17,18,19). The molecule has 1 aromatic rings. The molecule has 114 valence electrons. The highest BCUT2D eigenvalue weighted by atomic mass is 16.3. The summed E-state index contributed by atoms with van der Waals surface area (Å²) >= 11 is 0. The van der Waals surface area contributed by atoms with Gasteiger partial charge in [0.05, 0.1) is 6.61 Å². The van der Waals surface area contributed by atoms with E-state index in [2.05, 4.69) is 41.4 Å². The summed E-state index contributed by atoms with van der Waals surface area (Å²) in [5.41, 5.74) is 0.953. The summed E-state index contributed by atoms with van der Waals surface area (Å²) in [6, 6.07) is 0. The second-order valence-electron chi connectivity index (χ2n) is 5.34. The molecule has 0 aliphatic heterocycles. The molecule has 0 unspecified atom stereocenters. The van der Waals surface area contributed by atoms with E-state index in [9.17, 15) is 5.11 Å². The topological polar surface area (TPSA) is 70.1 Å². The van der Waals surface area contributed by atoms with Crippen molar-refractivity contribution >= 4 is 11.6 Å². The van der Waals surface area contributed by atoms with Crippen molar-refractivity contribution in [3.63, 3.8) is 0 Å². The Labute approximate surface area is 122 Å². The lowest BCUT2D eigenvalue weighted by molar-refractivity contribution is 0.127. The Morgan fingerprint density at radius 2 is 1.70 bits per heavy atom. The number of hydrogen-bond donors (Lipinski definition) is 3. The van der Waals surface area contributed by atoms with Gasteiger partial charge in [0.25, 0.3) is 0 Å². The zero-order valence-electron chi connectivity index (χ0n) is 13.2. The van der Waals surface area contributed by atoms with Crippen LogP contribution in [0.3, 0.4) is 0 Å². The summed E-state index contributed by atoms with van der Waals surface area (Å²) in [5.74, 6) is 1.73. The maximum Gasteiger partial charge on any atom is 0.134 e. The molecule has 1 heterocycles. The Hall–Kier alpha value is -1.36. The number of hydrogen-bond acceptors (Lipinski definition) is 5. The van der Waals surface area contributed by atoms with Crippen LogP contribution in [0.25, 0.3) is 0 Å². The summed E-state index contributed by atoms with van der Waals surface area (Å²) in [6.45, 7) is 10.2. The van der Waals surface area contributed by atoms with Crippen LogP contribution in [0.15, 0.2) is 6.33 Å². The number of nitrogens with zero attached hydrogens (tertiary/aromatic N) is 2. The Morgan fingerprint density at radius 1 is 1.10 bits per heavy atom. The molecule has 3 N–H and O–H groups in total. The van der Waals surface area contributed by atoms with Gasteiger partial charge >= 0.3 is 0 Å². The minimum absolute atomic E-state index is 0.0750. The van der Waals surface area contributed by atoms with Gasteiger partial charge in [-0.25, -0.2) is 9.97 Å². The van der Waals surface area contributed by atoms with Crippen molar-refractivity contribution in [3.05, 3.63) is 11.9 Å². The predicted molar refractivity (Wildman–Crippen MR) is 84.1 cm³/mol. The molecular weight excluding hydrogens is 252 g/mol. The number of aromatic nitrogens is 2. The third kappa shape index (κ3) is 4.07. The lowest BCUT2D eigenvalue weighted by Gasteiger charge is -2.30. The maximum absolute atomic E-state index is 9.61. The molecule has 0 aromatic carbocycles. The fraction of sp³-hybridized carbons (Fsp3) is 0.733. The smallest absolute Gasteiger partial charge is 0.134 e. The van der Waals surface area contributed by atoms with Crippen molar-refractivity contribution in [1.82, 2.24) is 9.97 Å². The van der Waals surface area contributed by atoms with E-state index < -0.39 is 0 Å². The van der Waals surface area contributed by atoms with Crippen LogP contribution >= 0.6 is 0 Å². The third-order valence-corrected chi connectivity index (χ3v) is 4.09.